The second kappa shape index (κ2) is 9.70. The first kappa shape index (κ1) is 18.0. The predicted octanol–water partition coefficient (Wildman–Crippen LogP) is 1.95. The largest absolute Gasteiger partial charge is 0.357 e. The van der Waals surface area contributed by atoms with Gasteiger partial charge in [-0.25, -0.2) is 0 Å². The summed E-state index contributed by atoms with van der Waals surface area (Å²) in [5.74, 6) is 1.87. The summed E-state index contributed by atoms with van der Waals surface area (Å²) in [6.07, 6.45) is 3.62. The Morgan fingerprint density at radius 2 is 2.12 bits per heavy atom. The zero-order valence-electron chi connectivity index (χ0n) is 14.9. The van der Waals surface area contributed by atoms with Gasteiger partial charge in [0.05, 0.1) is 0 Å². The maximum Gasteiger partial charge on any atom is 0.191 e. The number of hydrogen-bond acceptors (Lipinski definition) is 3. The van der Waals surface area contributed by atoms with E-state index in [1.54, 1.807) is 6.33 Å². The number of guanidine groups is 1. The summed E-state index contributed by atoms with van der Waals surface area (Å²) in [6, 6.07) is 8.59. The van der Waals surface area contributed by atoms with Crippen LogP contribution in [0.2, 0.25) is 0 Å². The predicted molar refractivity (Wildman–Crippen MR) is 98.3 cm³/mol. The average Bonchev–Trinajstić information content (AvgIpc) is 3.02. The van der Waals surface area contributed by atoms with Gasteiger partial charge in [0.2, 0.25) is 0 Å². The third-order valence-corrected chi connectivity index (χ3v) is 3.75. The molecule has 6 heteroatoms. The van der Waals surface area contributed by atoms with E-state index in [0.717, 1.165) is 50.8 Å². The van der Waals surface area contributed by atoms with Gasteiger partial charge in [-0.15, -0.1) is 10.2 Å². The lowest BCUT2D eigenvalue weighted by Crippen LogP contribution is -2.39. The summed E-state index contributed by atoms with van der Waals surface area (Å²) in [7, 11) is 0. The summed E-state index contributed by atoms with van der Waals surface area (Å²) < 4.78 is 2.07. The Morgan fingerprint density at radius 1 is 1.25 bits per heavy atom. The van der Waals surface area contributed by atoms with Crippen molar-refractivity contribution in [2.75, 3.05) is 19.6 Å². The molecule has 24 heavy (non-hydrogen) atoms. The highest BCUT2D eigenvalue weighted by atomic mass is 15.3. The minimum atomic E-state index is 0.769. The summed E-state index contributed by atoms with van der Waals surface area (Å²) in [5, 5.41) is 14.7. The van der Waals surface area contributed by atoms with Gasteiger partial charge in [0, 0.05) is 32.6 Å². The average molecular weight is 328 g/mol. The summed E-state index contributed by atoms with van der Waals surface area (Å²) in [6.45, 7) is 9.53. The van der Waals surface area contributed by atoms with Crippen LogP contribution in [0, 0.1) is 6.92 Å². The van der Waals surface area contributed by atoms with Crippen molar-refractivity contribution in [3.8, 4) is 0 Å². The Hall–Kier alpha value is -2.37. The van der Waals surface area contributed by atoms with E-state index < -0.39 is 0 Å². The molecule has 0 fully saturated rings. The van der Waals surface area contributed by atoms with E-state index in [0.29, 0.717) is 0 Å². The SMILES string of the molecule is CCNC(=NCCc1cccc(C)c1)NCCn1cnnc1CC. The molecule has 0 aliphatic rings. The van der Waals surface area contributed by atoms with Gasteiger partial charge in [0.15, 0.2) is 5.96 Å². The zero-order valence-corrected chi connectivity index (χ0v) is 14.9. The van der Waals surface area contributed by atoms with Crippen molar-refractivity contribution in [3.63, 3.8) is 0 Å². The molecule has 0 aliphatic carbocycles. The van der Waals surface area contributed by atoms with Crippen LogP contribution < -0.4 is 10.6 Å². The highest BCUT2D eigenvalue weighted by Gasteiger charge is 2.02. The quantitative estimate of drug-likeness (QED) is 0.574. The van der Waals surface area contributed by atoms with Gasteiger partial charge in [-0.05, 0) is 25.8 Å². The first-order chi connectivity index (χ1) is 11.7. The first-order valence-electron chi connectivity index (χ1n) is 8.67. The smallest absolute Gasteiger partial charge is 0.191 e. The van der Waals surface area contributed by atoms with E-state index >= 15 is 0 Å². The highest BCUT2D eigenvalue weighted by molar-refractivity contribution is 5.79. The second-order valence-electron chi connectivity index (χ2n) is 5.72. The Morgan fingerprint density at radius 3 is 2.88 bits per heavy atom. The number of nitrogens with zero attached hydrogens (tertiary/aromatic N) is 4. The number of aryl methyl sites for hydroxylation is 2. The van der Waals surface area contributed by atoms with E-state index in [4.69, 9.17) is 0 Å². The molecule has 1 aromatic carbocycles. The van der Waals surface area contributed by atoms with Crippen LogP contribution in [0.1, 0.15) is 30.8 Å². The lowest BCUT2D eigenvalue weighted by molar-refractivity contribution is 0.632. The van der Waals surface area contributed by atoms with Crippen molar-refractivity contribution in [2.45, 2.75) is 40.2 Å². The standard InChI is InChI=1S/C18H28N6/c1-4-17-23-22-14-24(17)12-11-21-18(19-5-2)20-10-9-16-8-6-7-15(3)13-16/h6-8,13-14H,4-5,9-12H2,1-3H3,(H2,19,20,21). The van der Waals surface area contributed by atoms with Crippen LogP contribution in [-0.4, -0.2) is 40.4 Å². The Balaban J connectivity index is 1.82. The minimum absolute atomic E-state index is 0.769. The van der Waals surface area contributed by atoms with Gasteiger partial charge in [-0.2, -0.15) is 0 Å². The molecule has 0 atom stereocenters. The first-order valence-corrected chi connectivity index (χ1v) is 8.67. The van der Waals surface area contributed by atoms with Crippen molar-refractivity contribution >= 4 is 5.96 Å². The number of aliphatic imine (C=N–C) groups is 1. The van der Waals surface area contributed by atoms with Crippen LogP contribution in [0.15, 0.2) is 35.6 Å². The van der Waals surface area contributed by atoms with Crippen LogP contribution >= 0.6 is 0 Å². The lowest BCUT2D eigenvalue weighted by atomic mass is 10.1. The van der Waals surface area contributed by atoms with Crippen molar-refractivity contribution in [3.05, 3.63) is 47.5 Å². The second-order valence-corrected chi connectivity index (χ2v) is 5.72. The monoisotopic (exact) mass is 328 g/mol. The Bertz CT molecular complexity index is 646. The third-order valence-electron chi connectivity index (χ3n) is 3.75. The molecule has 6 nitrogen and oxygen atoms in total. The van der Waals surface area contributed by atoms with E-state index in [9.17, 15) is 0 Å². The maximum absolute atomic E-state index is 4.65. The molecule has 0 aliphatic heterocycles. The molecule has 0 bridgehead atoms. The van der Waals surface area contributed by atoms with Gasteiger partial charge >= 0.3 is 0 Å². The summed E-state index contributed by atoms with van der Waals surface area (Å²) >= 11 is 0. The van der Waals surface area contributed by atoms with E-state index in [2.05, 4.69) is 75.4 Å². The fourth-order valence-corrected chi connectivity index (χ4v) is 2.54. The molecular formula is C18H28N6. The summed E-state index contributed by atoms with van der Waals surface area (Å²) in [5.41, 5.74) is 2.62. The molecule has 2 aromatic rings. The highest BCUT2D eigenvalue weighted by Crippen LogP contribution is 2.04. The van der Waals surface area contributed by atoms with E-state index in [1.807, 2.05) is 0 Å². The van der Waals surface area contributed by atoms with Crippen LogP contribution in [0.25, 0.3) is 0 Å². The molecule has 1 heterocycles. The fourth-order valence-electron chi connectivity index (χ4n) is 2.54. The van der Waals surface area contributed by atoms with Crippen molar-refractivity contribution < 1.29 is 0 Å². The molecule has 0 amide bonds. The van der Waals surface area contributed by atoms with Crippen LogP contribution in [-0.2, 0) is 19.4 Å². The topological polar surface area (TPSA) is 67.1 Å². The molecular weight excluding hydrogens is 300 g/mol. The van der Waals surface area contributed by atoms with Crippen LogP contribution in [0.3, 0.4) is 0 Å². The molecule has 0 unspecified atom stereocenters. The number of nitrogens with one attached hydrogen (secondary N) is 2. The molecule has 0 saturated heterocycles. The Kier molecular flexibility index (Phi) is 7.26. The third kappa shape index (κ3) is 5.68. The number of rotatable bonds is 8. The molecule has 1 aromatic heterocycles. The number of benzene rings is 1. The normalized spacial score (nSPS) is 11.5. The van der Waals surface area contributed by atoms with Gasteiger partial charge in [-0.3, -0.25) is 4.99 Å². The van der Waals surface area contributed by atoms with Crippen molar-refractivity contribution in [1.29, 1.82) is 0 Å². The van der Waals surface area contributed by atoms with Gasteiger partial charge in [-0.1, -0.05) is 36.8 Å². The maximum atomic E-state index is 4.65. The van der Waals surface area contributed by atoms with Gasteiger partial charge in [0.25, 0.3) is 0 Å². The lowest BCUT2D eigenvalue weighted by Gasteiger charge is -2.12. The molecule has 130 valence electrons. The van der Waals surface area contributed by atoms with E-state index in [-0.39, 0.29) is 0 Å². The van der Waals surface area contributed by atoms with Crippen LogP contribution in [0.4, 0.5) is 0 Å². The molecule has 0 spiro atoms. The molecule has 2 N–H and O–H groups in total. The van der Waals surface area contributed by atoms with Crippen LogP contribution in [0.5, 0.6) is 0 Å². The van der Waals surface area contributed by atoms with Gasteiger partial charge < -0.3 is 15.2 Å². The minimum Gasteiger partial charge on any atom is -0.357 e. The Labute approximate surface area is 144 Å². The summed E-state index contributed by atoms with van der Waals surface area (Å²) in [4.78, 5) is 4.65. The van der Waals surface area contributed by atoms with E-state index in [1.165, 1.54) is 11.1 Å². The fraction of sp³-hybridized carbons (Fsp3) is 0.500. The number of hydrogen-bond donors (Lipinski definition) is 2. The number of aromatic nitrogens is 3. The molecule has 0 radical (unpaired) electrons. The molecule has 0 saturated carbocycles. The van der Waals surface area contributed by atoms with Crippen molar-refractivity contribution in [1.82, 2.24) is 25.4 Å². The molecule has 2 rings (SSSR count). The van der Waals surface area contributed by atoms with Gasteiger partial charge in [0.1, 0.15) is 12.2 Å². The zero-order chi connectivity index (χ0) is 17.2. The van der Waals surface area contributed by atoms with Crippen molar-refractivity contribution in [2.24, 2.45) is 4.99 Å².